The molecule has 0 radical (unpaired) electrons. The van der Waals surface area contributed by atoms with Gasteiger partial charge in [-0.2, -0.15) is 0 Å². The molecule has 3 unspecified atom stereocenters. The van der Waals surface area contributed by atoms with Gasteiger partial charge in [0.05, 0.1) is 6.10 Å². The predicted molar refractivity (Wildman–Crippen MR) is 101 cm³/mol. The number of amides is 1. The van der Waals surface area contributed by atoms with Crippen LogP contribution in [0.15, 0.2) is 0 Å². The van der Waals surface area contributed by atoms with Crippen LogP contribution in [0.2, 0.25) is 0 Å². The SMILES string of the molecule is CCOC1CC(N)(C(=O)NCC2CCN(C3CC3)C2)C1(C)C.Cl.Cl. The highest BCUT2D eigenvalue weighted by atomic mass is 35.5. The van der Waals surface area contributed by atoms with Crippen LogP contribution in [0.4, 0.5) is 0 Å². The Morgan fingerprint density at radius 1 is 1.29 bits per heavy atom. The van der Waals surface area contributed by atoms with Gasteiger partial charge in [-0.05, 0) is 38.6 Å². The number of likely N-dealkylation sites (tertiary alicyclic amines) is 1. The highest BCUT2D eigenvalue weighted by Gasteiger charge is 2.62. The van der Waals surface area contributed by atoms with E-state index in [-0.39, 0.29) is 42.2 Å². The Labute approximate surface area is 158 Å². The Morgan fingerprint density at radius 2 is 1.96 bits per heavy atom. The molecule has 0 aromatic carbocycles. The van der Waals surface area contributed by atoms with Gasteiger partial charge in [-0.3, -0.25) is 4.79 Å². The minimum absolute atomic E-state index is 0. The molecule has 5 nitrogen and oxygen atoms in total. The van der Waals surface area contributed by atoms with Crippen LogP contribution in [-0.4, -0.2) is 54.7 Å². The summed E-state index contributed by atoms with van der Waals surface area (Å²) in [6.45, 7) is 9.83. The van der Waals surface area contributed by atoms with E-state index in [0.717, 1.165) is 19.1 Å². The van der Waals surface area contributed by atoms with E-state index in [1.54, 1.807) is 0 Å². The van der Waals surface area contributed by atoms with Crippen LogP contribution in [0, 0.1) is 11.3 Å². The van der Waals surface area contributed by atoms with Gasteiger partial charge in [0, 0.05) is 37.6 Å². The van der Waals surface area contributed by atoms with E-state index in [9.17, 15) is 4.79 Å². The Kier molecular flexibility index (Phi) is 7.40. The number of ether oxygens (including phenoxy) is 1. The lowest BCUT2D eigenvalue weighted by atomic mass is 9.54. The second kappa shape index (κ2) is 8.09. The van der Waals surface area contributed by atoms with Crippen molar-refractivity contribution in [2.24, 2.45) is 17.1 Å². The maximum absolute atomic E-state index is 12.6. The van der Waals surface area contributed by atoms with Gasteiger partial charge < -0.3 is 20.7 Å². The minimum Gasteiger partial charge on any atom is -0.378 e. The molecule has 142 valence electrons. The number of halogens is 2. The van der Waals surface area contributed by atoms with Crippen LogP contribution in [0.25, 0.3) is 0 Å². The van der Waals surface area contributed by atoms with Gasteiger partial charge in [-0.15, -0.1) is 24.8 Å². The van der Waals surface area contributed by atoms with Crippen molar-refractivity contribution in [2.75, 3.05) is 26.2 Å². The summed E-state index contributed by atoms with van der Waals surface area (Å²) >= 11 is 0. The van der Waals surface area contributed by atoms with Crippen molar-refractivity contribution in [1.82, 2.24) is 10.2 Å². The maximum atomic E-state index is 12.6. The van der Waals surface area contributed by atoms with Crippen molar-refractivity contribution in [2.45, 2.75) is 64.1 Å². The van der Waals surface area contributed by atoms with Gasteiger partial charge in [-0.25, -0.2) is 0 Å². The number of nitrogens with zero attached hydrogens (tertiary/aromatic N) is 1. The first-order valence-corrected chi connectivity index (χ1v) is 8.81. The van der Waals surface area contributed by atoms with Crippen molar-refractivity contribution < 1.29 is 9.53 Å². The van der Waals surface area contributed by atoms with Crippen LogP contribution in [0.5, 0.6) is 0 Å². The van der Waals surface area contributed by atoms with Crippen molar-refractivity contribution in [3.63, 3.8) is 0 Å². The number of nitrogens with one attached hydrogen (secondary N) is 1. The van der Waals surface area contributed by atoms with E-state index in [1.807, 2.05) is 20.8 Å². The molecule has 24 heavy (non-hydrogen) atoms. The molecule has 3 N–H and O–H groups in total. The van der Waals surface area contributed by atoms with E-state index in [1.165, 1.54) is 25.8 Å². The van der Waals surface area contributed by atoms with Crippen LogP contribution in [0.1, 0.15) is 46.5 Å². The van der Waals surface area contributed by atoms with E-state index < -0.39 is 5.54 Å². The van der Waals surface area contributed by atoms with Crippen molar-refractivity contribution >= 4 is 30.7 Å². The number of carbonyl (C=O) groups is 1. The molecule has 2 saturated carbocycles. The Bertz CT molecular complexity index is 446. The highest BCUT2D eigenvalue weighted by molar-refractivity contribution is 5.88. The highest BCUT2D eigenvalue weighted by Crippen LogP contribution is 2.49. The summed E-state index contributed by atoms with van der Waals surface area (Å²) in [7, 11) is 0. The van der Waals surface area contributed by atoms with E-state index in [0.29, 0.717) is 18.9 Å². The Hall–Kier alpha value is -0.0700. The molecule has 0 bridgehead atoms. The zero-order valence-corrected chi connectivity index (χ0v) is 16.7. The van der Waals surface area contributed by atoms with Crippen LogP contribution in [0.3, 0.4) is 0 Å². The molecule has 0 aromatic heterocycles. The molecule has 3 atom stereocenters. The normalized spacial score (nSPS) is 34.7. The fourth-order valence-electron chi connectivity index (χ4n) is 4.02. The zero-order valence-electron chi connectivity index (χ0n) is 15.0. The van der Waals surface area contributed by atoms with Crippen molar-refractivity contribution in [1.29, 1.82) is 0 Å². The predicted octanol–water partition coefficient (Wildman–Crippen LogP) is 1.96. The lowest BCUT2D eigenvalue weighted by molar-refractivity contribution is -0.170. The number of carbonyl (C=O) groups excluding carboxylic acids is 1. The van der Waals surface area contributed by atoms with E-state index >= 15 is 0 Å². The molecule has 3 aliphatic rings. The Morgan fingerprint density at radius 3 is 2.50 bits per heavy atom. The van der Waals surface area contributed by atoms with Gasteiger partial charge in [0.15, 0.2) is 0 Å². The molecule has 0 spiro atoms. The van der Waals surface area contributed by atoms with Gasteiger partial charge in [0.2, 0.25) is 5.91 Å². The quantitative estimate of drug-likeness (QED) is 0.737. The zero-order chi connectivity index (χ0) is 16.0. The number of hydrogen-bond acceptors (Lipinski definition) is 4. The second-order valence-corrected chi connectivity index (χ2v) is 7.93. The summed E-state index contributed by atoms with van der Waals surface area (Å²) in [4.78, 5) is 15.2. The number of rotatable bonds is 6. The van der Waals surface area contributed by atoms with Gasteiger partial charge in [-0.1, -0.05) is 13.8 Å². The molecule has 2 aliphatic carbocycles. The standard InChI is InChI=1S/C17H31N3O2.2ClH/c1-4-22-14-9-17(18,16(14,2)3)15(21)19-10-12-7-8-20(11-12)13-5-6-13;;/h12-14H,4-11,18H2,1-3H3,(H,19,21);2*1H. The maximum Gasteiger partial charge on any atom is 0.240 e. The fourth-order valence-corrected chi connectivity index (χ4v) is 4.02. The van der Waals surface area contributed by atoms with Crippen molar-refractivity contribution in [3.8, 4) is 0 Å². The fraction of sp³-hybridized carbons (Fsp3) is 0.941. The summed E-state index contributed by atoms with van der Waals surface area (Å²) < 4.78 is 5.70. The molecular weight excluding hydrogens is 349 g/mol. The first-order chi connectivity index (χ1) is 10.4. The van der Waals surface area contributed by atoms with E-state index in [4.69, 9.17) is 10.5 Å². The summed E-state index contributed by atoms with van der Waals surface area (Å²) in [5, 5.41) is 3.12. The first-order valence-electron chi connectivity index (χ1n) is 8.81. The summed E-state index contributed by atoms with van der Waals surface area (Å²) in [5.74, 6) is 0.581. The van der Waals surface area contributed by atoms with E-state index in [2.05, 4.69) is 10.2 Å². The topological polar surface area (TPSA) is 67.6 Å². The first kappa shape index (κ1) is 22.0. The summed E-state index contributed by atoms with van der Waals surface area (Å²) in [5.41, 5.74) is 5.32. The second-order valence-electron chi connectivity index (χ2n) is 7.93. The lowest BCUT2D eigenvalue weighted by Crippen LogP contribution is -2.75. The van der Waals surface area contributed by atoms with Crippen molar-refractivity contribution in [3.05, 3.63) is 0 Å². The third kappa shape index (κ3) is 3.85. The summed E-state index contributed by atoms with van der Waals surface area (Å²) in [6.07, 6.45) is 4.62. The Balaban J connectivity index is 0.00000144. The molecule has 0 aromatic rings. The van der Waals surface area contributed by atoms with Crippen LogP contribution < -0.4 is 11.1 Å². The van der Waals surface area contributed by atoms with Crippen LogP contribution >= 0.6 is 24.8 Å². The third-order valence-electron chi connectivity index (χ3n) is 6.17. The largest absolute Gasteiger partial charge is 0.378 e. The average molecular weight is 382 g/mol. The molecule has 3 rings (SSSR count). The molecule has 7 heteroatoms. The number of nitrogens with two attached hydrogens (primary N) is 1. The minimum atomic E-state index is -0.790. The molecule has 1 heterocycles. The average Bonchev–Trinajstić information content (AvgIpc) is 3.23. The van der Waals surface area contributed by atoms with Gasteiger partial charge in [0.1, 0.15) is 5.54 Å². The van der Waals surface area contributed by atoms with Crippen LogP contribution in [-0.2, 0) is 9.53 Å². The lowest BCUT2D eigenvalue weighted by Gasteiger charge is -2.57. The molecular formula is C17H33Cl2N3O2. The molecule has 1 aliphatic heterocycles. The van der Waals surface area contributed by atoms with Gasteiger partial charge in [0.25, 0.3) is 0 Å². The third-order valence-corrected chi connectivity index (χ3v) is 6.17. The summed E-state index contributed by atoms with van der Waals surface area (Å²) in [6, 6.07) is 0.832. The monoisotopic (exact) mass is 381 g/mol. The molecule has 1 amide bonds. The smallest absolute Gasteiger partial charge is 0.240 e. The van der Waals surface area contributed by atoms with Gasteiger partial charge >= 0.3 is 0 Å². The molecule has 1 saturated heterocycles. The molecule has 3 fully saturated rings. The number of hydrogen-bond donors (Lipinski definition) is 2.